The van der Waals surface area contributed by atoms with Gasteiger partial charge in [0.25, 0.3) is 0 Å². The number of aliphatic hydroxyl groups excluding tert-OH is 2. The quantitative estimate of drug-likeness (QED) is 0.665. The Morgan fingerprint density at radius 1 is 1.58 bits per heavy atom. The van der Waals surface area contributed by atoms with Crippen LogP contribution in [0.1, 0.15) is 31.7 Å². The molecule has 5 heteroatoms. The number of hydrogen-bond acceptors (Lipinski definition) is 4. The molecule has 68 valence electrons. The van der Waals surface area contributed by atoms with Gasteiger partial charge in [-0.05, 0) is 13.8 Å². The topological polar surface area (TPSA) is 71.2 Å². The second-order valence-corrected chi connectivity index (χ2v) is 2.83. The average Bonchev–Trinajstić information content (AvgIpc) is 2.51. The fourth-order valence-electron chi connectivity index (χ4n) is 0.781. The van der Waals surface area contributed by atoms with E-state index in [1.807, 2.05) is 6.92 Å². The standard InChI is InChI=1S/C7H13N3O2/c1-5(4-11)10-3-7(6(2)12)8-9-10/h3,5-6,11-12H,4H2,1-2H3/t5?,6-/m1/s1. The second-order valence-electron chi connectivity index (χ2n) is 2.83. The molecular weight excluding hydrogens is 158 g/mol. The number of nitrogens with zero attached hydrogens (tertiary/aromatic N) is 3. The van der Waals surface area contributed by atoms with Crippen LogP contribution in [0.2, 0.25) is 0 Å². The van der Waals surface area contributed by atoms with E-state index in [1.165, 1.54) is 4.68 Å². The molecule has 0 bridgehead atoms. The molecular formula is C7H13N3O2. The number of aromatic nitrogens is 3. The Morgan fingerprint density at radius 2 is 2.25 bits per heavy atom. The monoisotopic (exact) mass is 171 g/mol. The maximum atomic E-state index is 9.11. The highest BCUT2D eigenvalue weighted by Crippen LogP contribution is 2.09. The first-order valence-electron chi connectivity index (χ1n) is 3.85. The minimum atomic E-state index is -0.607. The Bertz CT molecular complexity index is 247. The molecule has 0 radical (unpaired) electrons. The van der Waals surface area contributed by atoms with Crippen molar-refractivity contribution in [3.63, 3.8) is 0 Å². The van der Waals surface area contributed by atoms with Crippen LogP contribution in [0.3, 0.4) is 0 Å². The minimum absolute atomic E-state index is 0.0165. The zero-order valence-corrected chi connectivity index (χ0v) is 7.18. The number of rotatable bonds is 3. The van der Waals surface area contributed by atoms with Crippen molar-refractivity contribution in [2.75, 3.05) is 6.61 Å². The SMILES string of the molecule is CC(CO)n1cc([C@@H](C)O)nn1. The van der Waals surface area contributed by atoms with Crippen molar-refractivity contribution < 1.29 is 10.2 Å². The summed E-state index contributed by atoms with van der Waals surface area (Å²) in [5.41, 5.74) is 0.523. The minimum Gasteiger partial charge on any atom is -0.394 e. The molecule has 1 aromatic heterocycles. The van der Waals surface area contributed by atoms with Crippen molar-refractivity contribution in [2.24, 2.45) is 0 Å². The van der Waals surface area contributed by atoms with Gasteiger partial charge in [0.05, 0.1) is 24.9 Å². The van der Waals surface area contributed by atoms with Crippen molar-refractivity contribution >= 4 is 0 Å². The van der Waals surface area contributed by atoms with Gasteiger partial charge >= 0.3 is 0 Å². The van der Waals surface area contributed by atoms with E-state index in [0.717, 1.165) is 0 Å². The fourth-order valence-corrected chi connectivity index (χ4v) is 0.781. The van der Waals surface area contributed by atoms with Crippen molar-refractivity contribution in [1.82, 2.24) is 15.0 Å². The van der Waals surface area contributed by atoms with Crippen LogP contribution in [-0.4, -0.2) is 31.8 Å². The summed E-state index contributed by atoms with van der Waals surface area (Å²) in [6.45, 7) is 3.46. The summed E-state index contributed by atoms with van der Waals surface area (Å²) in [7, 11) is 0. The van der Waals surface area contributed by atoms with Gasteiger partial charge < -0.3 is 10.2 Å². The largest absolute Gasteiger partial charge is 0.394 e. The van der Waals surface area contributed by atoms with Crippen molar-refractivity contribution in [3.05, 3.63) is 11.9 Å². The third-order valence-corrected chi connectivity index (χ3v) is 1.67. The van der Waals surface area contributed by atoms with Gasteiger partial charge in [-0.2, -0.15) is 0 Å². The molecule has 0 aliphatic heterocycles. The molecule has 1 rings (SSSR count). The summed E-state index contributed by atoms with van der Waals surface area (Å²) >= 11 is 0. The lowest BCUT2D eigenvalue weighted by Crippen LogP contribution is -2.09. The van der Waals surface area contributed by atoms with Crippen LogP contribution in [0.4, 0.5) is 0 Å². The highest BCUT2D eigenvalue weighted by molar-refractivity contribution is 4.96. The van der Waals surface area contributed by atoms with E-state index in [1.54, 1.807) is 13.1 Å². The molecule has 0 amide bonds. The first kappa shape index (κ1) is 9.15. The van der Waals surface area contributed by atoms with Crippen molar-refractivity contribution in [3.8, 4) is 0 Å². The van der Waals surface area contributed by atoms with E-state index in [9.17, 15) is 0 Å². The van der Waals surface area contributed by atoms with Crippen LogP contribution in [0.25, 0.3) is 0 Å². The maximum absolute atomic E-state index is 9.11. The molecule has 2 atom stereocenters. The van der Waals surface area contributed by atoms with Gasteiger partial charge in [-0.1, -0.05) is 5.21 Å². The molecule has 0 aliphatic carbocycles. The lowest BCUT2D eigenvalue weighted by atomic mass is 10.3. The summed E-state index contributed by atoms with van der Waals surface area (Å²) in [6.07, 6.45) is 1.02. The fraction of sp³-hybridized carbons (Fsp3) is 0.714. The van der Waals surface area contributed by atoms with E-state index in [4.69, 9.17) is 10.2 Å². The highest BCUT2D eigenvalue weighted by atomic mass is 16.3. The molecule has 0 aromatic carbocycles. The predicted molar refractivity (Wildman–Crippen MR) is 42.5 cm³/mol. The van der Waals surface area contributed by atoms with E-state index in [2.05, 4.69) is 10.3 Å². The van der Waals surface area contributed by atoms with Gasteiger partial charge in [0.1, 0.15) is 5.69 Å². The Labute approximate surface area is 70.6 Å². The van der Waals surface area contributed by atoms with Crippen LogP contribution in [0.5, 0.6) is 0 Å². The van der Waals surface area contributed by atoms with Crippen LogP contribution in [-0.2, 0) is 0 Å². The summed E-state index contributed by atoms with van der Waals surface area (Å²) in [6, 6.07) is -0.0926. The molecule has 1 aromatic rings. The third-order valence-electron chi connectivity index (χ3n) is 1.67. The number of aliphatic hydroxyl groups is 2. The van der Waals surface area contributed by atoms with Gasteiger partial charge in [0.15, 0.2) is 0 Å². The van der Waals surface area contributed by atoms with Crippen LogP contribution in [0, 0.1) is 0 Å². The van der Waals surface area contributed by atoms with Crippen LogP contribution >= 0.6 is 0 Å². The molecule has 0 aliphatic rings. The lowest BCUT2D eigenvalue weighted by molar-refractivity contribution is 0.194. The van der Waals surface area contributed by atoms with E-state index >= 15 is 0 Å². The molecule has 5 nitrogen and oxygen atoms in total. The Morgan fingerprint density at radius 3 is 2.67 bits per heavy atom. The number of hydrogen-bond donors (Lipinski definition) is 2. The van der Waals surface area contributed by atoms with Crippen molar-refractivity contribution in [2.45, 2.75) is 26.0 Å². The molecule has 0 saturated carbocycles. The molecule has 1 heterocycles. The van der Waals surface area contributed by atoms with Gasteiger partial charge in [-0.25, -0.2) is 4.68 Å². The third kappa shape index (κ3) is 1.80. The molecule has 2 N–H and O–H groups in total. The summed E-state index contributed by atoms with van der Waals surface area (Å²) in [4.78, 5) is 0. The molecule has 1 unspecified atom stereocenters. The molecule has 0 spiro atoms. The Hall–Kier alpha value is -0.940. The van der Waals surface area contributed by atoms with E-state index in [0.29, 0.717) is 5.69 Å². The van der Waals surface area contributed by atoms with Gasteiger partial charge in [-0.3, -0.25) is 0 Å². The second kappa shape index (κ2) is 3.64. The molecule has 12 heavy (non-hydrogen) atoms. The van der Waals surface area contributed by atoms with Crippen LogP contribution in [0.15, 0.2) is 6.20 Å². The smallest absolute Gasteiger partial charge is 0.111 e. The van der Waals surface area contributed by atoms with E-state index in [-0.39, 0.29) is 12.6 Å². The maximum Gasteiger partial charge on any atom is 0.111 e. The normalized spacial score (nSPS) is 16.0. The van der Waals surface area contributed by atoms with Gasteiger partial charge in [0, 0.05) is 0 Å². The summed E-state index contributed by atoms with van der Waals surface area (Å²) in [5.74, 6) is 0. The van der Waals surface area contributed by atoms with Crippen molar-refractivity contribution in [1.29, 1.82) is 0 Å². The van der Waals surface area contributed by atoms with Gasteiger partial charge in [0.2, 0.25) is 0 Å². The van der Waals surface area contributed by atoms with E-state index < -0.39 is 6.10 Å². The Balaban J connectivity index is 2.77. The zero-order chi connectivity index (χ0) is 9.14. The average molecular weight is 171 g/mol. The summed E-state index contributed by atoms with van der Waals surface area (Å²) < 4.78 is 1.53. The first-order valence-corrected chi connectivity index (χ1v) is 3.85. The lowest BCUT2D eigenvalue weighted by Gasteiger charge is -2.05. The highest BCUT2D eigenvalue weighted by Gasteiger charge is 2.09. The first-order chi connectivity index (χ1) is 5.65. The Kier molecular flexibility index (Phi) is 2.78. The molecule has 0 saturated heterocycles. The molecule has 0 fully saturated rings. The summed E-state index contributed by atoms with van der Waals surface area (Å²) in [5, 5.41) is 25.4. The predicted octanol–water partition coefficient (Wildman–Crippen LogP) is -0.115. The van der Waals surface area contributed by atoms with Crippen LogP contribution < -0.4 is 0 Å². The van der Waals surface area contributed by atoms with Gasteiger partial charge in [-0.15, -0.1) is 5.10 Å². The zero-order valence-electron chi connectivity index (χ0n) is 7.18.